The zero-order chi connectivity index (χ0) is 24.7. The van der Waals surface area contributed by atoms with Crippen molar-refractivity contribution in [2.75, 3.05) is 6.61 Å². The Morgan fingerprint density at radius 1 is 1.00 bits per heavy atom. The number of nitrogens with zero attached hydrogens (tertiary/aromatic N) is 1. The maximum atomic E-state index is 13.4. The van der Waals surface area contributed by atoms with E-state index in [1.807, 2.05) is 24.3 Å². The molecule has 1 aliphatic rings. The maximum Gasteiger partial charge on any atom is 0.261 e. The maximum absolute atomic E-state index is 13.4. The number of carbonyl (C=O) groups is 2. The van der Waals surface area contributed by atoms with Gasteiger partial charge in [0.1, 0.15) is 11.8 Å². The molecule has 2 amide bonds. The van der Waals surface area contributed by atoms with Crippen LogP contribution < -0.4 is 10.1 Å². The summed E-state index contributed by atoms with van der Waals surface area (Å²) in [6.45, 7) is 5.82. The van der Waals surface area contributed by atoms with E-state index in [0.29, 0.717) is 21.4 Å². The number of hydrogen-bond acceptors (Lipinski definition) is 3. The van der Waals surface area contributed by atoms with Crippen LogP contribution in [0.3, 0.4) is 0 Å². The van der Waals surface area contributed by atoms with Crippen molar-refractivity contribution in [3.63, 3.8) is 0 Å². The lowest BCUT2D eigenvalue weighted by molar-refractivity contribution is -0.142. The van der Waals surface area contributed by atoms with E-state index >= 15 is 0 Å². The number of ether oxygens (including phenoxy) is 1. The van der Waals surface area contributed by atoms with Crippen molar-refractivity contribution in [3.05, 3.63) is 63.6 Å². The number of para-hydroxylation sites is 1. The quantitative estimate of drug-likeness (QED) is 0.431. The largest absolute Gasteiger partial charge is 0.483 e. The summed E-state index contributed by atoms with van der Waals surface area (Å²) < 4.78 is 5.93. The monoisotopic (exact) mass is 504 g/mol. The average Bonchev–Trinajstić information content (AvgIpc) is 2.82. The predicted molar refractivity (Wildman–Crippen MR) is 138 cm³/mol. The molecule has 5 nitrogen and oxygen atoms in total. The Hall–Kier alpha value is -2.24. The Kier molecular flexibility index (Phi) is 9.66. The van der Waals surface area contributed by atoms with Gasteiger partial charge in [-0.25, -0.2) is 0 Å². The molecule has 1 saturated carbocycles. The van der Waals surface area contributed by atoms with Gasteiger partial charge in [0.15, 0.2) is 6.61 Å². The molecular formula is C27H34Cl2N2O3. The van der Waals surface area contributed by atoms with Crippen LogP contribution in [0.15, 0.2) is 42.5 Å². The normalized spacial score (nSPS) is 15.1. The molecule has 1 fully saturated rings. The molecule has 1 N–H and O–H groups in total. The van der Waals surface area contributed by atoms with Crippen LogP contribution in [0.1, 0.15) is 69.9 Å². The van der Waals surface area contributed by atoms with Crippen LogP contribution >= 0.6 is 23.2 Å². The number of benzene rings is 2. The topological polar surface area (TPSA) is 58.6 Å². The first kappa shape index (κ1) is 26.4. The molecule has 0 radical (unpaired) electrons. The van der Waals surface area contributed by atoms with E-state index in [0.717, 1.165) is 31.2 Å². The molecule has 0 spiro atoms. The molecule has 0 heterocycles. The van der Waals surface area contributed by atoms with E-state index in [9.17, 15) is 9.59 Å². The lowest BCUT2D eigenvalue weighted by Gasteiger charge is -2.31. The van der Waals surface area contributed by atoms with Crippen molar-refractivity contribution < 1.29 is 14.3 Å². The predicted octanol–water partition coefficient (Wildman–Crippen LogP) is 6.36. The molecule has 0 aliphatic heterocycles. The smallest absolute Gasteiger partial charge is 0.261 e. The minimum absolute atomic E-state index is 0.117. The molecule has 0 bridgehead atoms. The number of carbonyl (C=O) groups excluding carboxylic acids is 2. The van der Waals surface area contributed by atoms with Gasteiger partial charge in [-0.15, -0.1) is 0 Å². The number of rotatable bonds is 9. The lowest BCUT2D eigenvalue weighted by Crippen LogP contribution is -2.51. The number of amides is 2. The van der Waals surface area contributed by atoms with E-state index in [4.69, 9.17) is 27.9 Å². The van der Waals surface area contributed by atoms with Crippen molar-refractivity contribution in [3.8, 4) is 5.75 Å². The van der Waals surface area contributed by atoms with Crippen LogP contribution in [0, 0.1) is 0 Å². The van der Waals surface area contributed by atoms with Gasteiger partial charge in [-0.05, 0) is 49.4 Å². The first-order chi connectivity index (χ1) is 16.3. The molecule has 3 rings (SSSR count). The third-order valence-electron chi connectivity index (χ3n) is 6.40. The summed E-state index contributed by atoms with van der Waals surface area (Å²) in [7, 11) is 0. The zero-order valence-corrected chi connectivity index (χ0v) is 21.7. The van der Waals surface area contributed by atoms with E-state index in [1.54, 1.807) is 25.1 Å². The highest BCUT2D eigenvalue weighted by Crippen LogP contribution is 2.28. The highest BCUT2D eigenvalue weighted by Gasteiger charge is 2.29. The first-order valence-corrected chi connectivity index (χ1v) is 12.8. The summed E-state index contributed by atoms with van der Waals surface area (Å²) in [5.41, 5.74) is 1.64. The Balaban J connectivity index is 1.79. The van der Waals surface area contributed by atoms with Gasteiger partial charge in [0.25, 0.3) is 5.91 Å². The Bertz CT molecular complexity index is 969. The van der Waals surface area contributed by atoms with E-state index in [1.165, 1.54) is 11.3 Å². The van der Waals surface area contributed by atoms with Crippen molar-refractivity contribution in [1.29, 1.82) is 0 Å². The average molecular weight is 505 g/mol. The minimum atomic E-state index is -0.703. The molecule has 0 unspecified atom stereocenters. The molecule has 184 valence electrons. The molecule has 2 aromatic carbocycles. The van der Waals surface area contributed by atoms with Gasteiger partial charge in [-0.2, -0.15) is 0 Å². The second-order valence-corrected chi connectivity index (χ2v) is 10.0. The fourth-order valence-corrected chi connectivity index (χ4v) is 4.83. The highest BCUT2D eigenvalue weighted by atomic mass is 35.5. The number of nitrogens with one attached hydrogen (secondary N) is 1. The summed E-state index contributed by atoms with van der Waals surface area (Å²) in [5, 5.41) is 4.04. The van der Waals surface area contributed by atoms with Crippen LogP contribution in [-0.2, 0) is 16.1 Å². The van der Waals surface area contributed by atoms with Crippen LogP contribution in [-0.4, -0.2) is 35.4 Å². The van der Waals surface area contributed by atoms with Gasteiger partial charge in [0, 0.05) is 28.2 Å². The Labute approximate surface area is 212 Å². The lowest BCUT2D eigenvalue weighted by atomic mass is 9.95. The first-order valence-electron chi connectivity index (χ1n) is 12.0. The van der Waals surface area contributed by atoms with Crippen molar-refractivity contribution in [2.24, 2.45) is 0 Å². The third kappa shape index (κ3) is 6.89. The molecular weight excluding hydrogens is 471 g/mol. The molecule has 7 heteroatoms. The van der Waals surface area contributed by atoms with Crippen molar-refractivity contribution >= 4 is 35.0 Å². The fourth-order valence-electron chi connectivity index (χ4n) is 4.32. The van der Waals surface area contributed by atoms with E-state index < -0.39 is 6.04 Å². The minimum Gasteiger partial charge on any atom is -0.483 e. The second kappa shape index (κ2) is 12.5. The Morgan fingerprint density at radius 3 is 2.29 bits per heavy atom. The summed E-state index contributed by atoms with van der Waals surface area (Å²) >= 11 is 12.8. The summed E-state index contributed by atoms with van der Waals surface area (Å²) in [6, 6.07) is 12.3. The van der Waals surface area contributed by atoms with Crippen LogP contribution in [0.4, 0.5) is 0 Å². The van der Waals surface area contributed by atoms with E-state index in [-0.39, 0.29) is 36.9 Å². The Morgan fingerprint density at radius 2 is 1.65 bits per heavy atom. The highest BCUT2D eigenvalue weighted by molar-refractivity contribution is 6.36. The summed E-state index contributed by atoms with van der Waals surface area (Å²) in [5.74, 6) is 0.442. The molecule has 0 aromatic heterocycles. The zero-order valence-electron chi connectivity index (χ0n) is 20.2. The molecule has 1 atom stereocenters. The molecule has 0 saturated heterocycles. The third-order valence-corrected chi connectivity index (χ3v) is 7.11. The van der Waals surface area contributed by atoms with Gasteiger partial charge in [0.2, 0.25) is 5.91 Å². The van der Waals surface area contributed by atoms with Gasteiger partial charge in [0.05, 0.1) is 0 Å². The van der Waals surface area contributed by atoms with E-state index in [2.05, 4.69) is 19.2 Å². The van der Waals surface area contributed by atoms with Crippen molar-refractivity contribution in [1.82, 2.24) is 10.2 Å². The summed E-state index contributed by atoms with van der Waals surface area (Å²) in [6.07, 6.45) is 5.36. The molecule has 2 aromatic rings. The van der Waals surface area contributed by atoms with Crippen molar-refractivity contribution in [2.45, 2.75) is 77.4 Å². The van der Waals surface area contributed by atoms with Crippen LogP contribution in [0.2, 0.25) is 10.0 Å². The van der Waals surface area contributed by atoms with Gasteiger partial charge < -0.3 is 15.0 Å². The van der Waals surface area contributed by atoms with Gasteiger partial charge >= 0.3 is 0 Å². The standard InChI is InChI=1S/C27H34Cl2N2O3/c1-18(2)21-12-7-8-15-25(21)34-17-26(32)31(16-22-23(28)13-9-14-24(22)29)19(3)27(33)30-20-10-5-4-6-11-20/h7-9,12-15,18-20H,4-6,10-11,16-17H2,1-3H3,(H,30,33)/t19-/m1/s1. The van der Waals surface area contributed by atoms with Crippen LogP contribution in [0.5, 0.6) is 5.75 Å². The summed E-state index contributed by atoms with van der Waals surface area (Å²) in [4.78, 5) is 28.0. The molecule has 1 aliphatic carbocycles. The SMILES string of the molecule is CC(C)c1ccccc1OCC(=O)N(Cc1c(Cl)cccc1Cl)[C@H](C)C(=O)NC1CCCCC1. The van der Waals surface area contributed by atoms with Gasteiger partial charge in [-0.1, -0.05) is 80.6 Å². The van der Waals surface area contributed by atoms with Gasteiger partial charge in [-0.3, -0.25) is 9.59 Å². The number of halogens is 2. The fraction of sp³-hybridized carbons (Fsp3) is 0.481. The molecule has 34 heavy (non-hydrogen) atoms. The number of hydrogen-bond donors (Lipinski definition) is 1. The second-order valence-electron chi connectivity index (χ2n) is 9.22. The van der Waals surface area contributed by atoms with Crippen LogP contribution in [0.25, 0.3) is 0 Å².